The first-order valence-electron chi connectivity index (χ1n) is 6.79. The maximum atomic E-state index is 11.3. The van der Waals surface area contributed by atoms with Gasteiger partial charge in [0.2, 0.25) is 0 Å². The summed E-state index contributed by atoms with van der Waals surface area (Å²) in [5, 5.41) is 13.7. The summed E-state index contributed by atoms with van der Waals surface area (Å²) < 4.78 is 6.73. The number of aromatic nitrogens is 2. The van der Waals surface area contributed by atoms with Crippen molar-refractivity contribution in [2.75, 3.05) is 12.4 Å². The van der Waals surface area contributed by atoms with Crippen molar-refractivity contribution in [1.82, 2.24) is 9.55 Å². The number of halogens is 1. The molecular weight excluding hydrogens is 318 g/mol. The average molecular weight is 332 g/mol. The minimum Gasteiger partial charge on any atom is -0.497 e. The van der Waals surface area contributed by atoms with Crippen LogP contribution in [0.1, 0.15) is 10.5 Å². The summed E-state index contributed by atoms with van der Waals surface area (Å²) in [4.78, 5) is 15.6. The number of nitrogens with zero attached hydrogens (tertiary/aromatic N) is 2. The molecular formula is C16H14ClN3O3. The van der Waals surface area contributed by atoms with Gasteiger partial charge < -0.3 is 19.7 Å². The van der Waals surface area contributed by atoms with Crippen LogP contribution in [0.15, 0.2) is 36.5 Å². The number of rotatable bonds is 4. The Hall–Kier alpha value is -2.73. The Morgan fingerprint density at radius 1 is 1.35 bits per heavy atom. The molecule has 2 N–H and O–H groups in total. The second-order valence-corrected chi connectivity index (χ2v) is 5.36. The number of carbonyl (C=O) groups is 1. The molecule has 0 aliphatic rings. The summed E-state index contributed by atoms with van der Waals surface area (Å²) in [6, 6.07) is 8.59. The number of ether oxygens (including phenoxy) is 1. The van der Waals surface area contributed by atoms with Gasteiger partial charge in [0.15, 0.2) is 0 Å². The van der Waals surface area contributed by atoms with E-state index >= 15 is 0 Å². The second-order valence-electron chi connectivity index (χ2n) is 4.96. The van der Waals surface area contributed by atoms with Gasteiger partial charge in [0, 0.05) is 30.4 Å². The normalized spacial score (nSPS) is 10.7. The quantitative estimate of drug-likeness (QED) is 0.762. The number of hydrogen-bond donors (Lipinski definition) is 2. The van der Waals surface area contributed by atoms with Crippen molar-refractivity contribution in [3.05, 3.63) is 47.2 Å². The molecule has 3 rings (SSSR count). The molecule has 118 valence electrons. The molecule has 0 bridgehead atoms. The highest BCUT2D eigenvalue weighted by atomic mass is 35.5. The molecule has 0 saturated heterocycles. The first-order valence-corrected chi connectivity index (χ1v) is 7.17. The van der Waals surface area contributed by atoms with Gasteiger partial charge in [0.25, 0.3) is 0 Å². The molecule has 0 saturated carbocycles. The van der Waals surface area contributed by atoms with Crippen molar-refractivity contribution in [3.63, 3.8) is 0 Å². The monoisotopic (exact) mass is 331 g/mol. The Bertz CT molecular complexity index is 905. The number of carboxylic acid groups (broad SMARTS) is 1. The van der Waals surface area contributed by atoms with E-state index in [9.17, 15) is 9.90 Å². The Morgan fingerprint density at radius 3 is 2.83 bits per heavy atom. The molecule has 3 aromatic rings. The second kappa shape index (κ2) is 5.81. The van der Waals surface area contributed by atoms with Gasteiger partial charge in [0.05, 0.1) is 17.6 Å². The molecule has 0 unspecified atom stereocenters. The predicted molar refractivity (Wildman–Crippen MR) is 89.0 cm³/mol. The highest BCUT2D eigenvalue weighted by molar-refractivity contribution is 6.36. The van der Waals surface area contributed by atoms with Crippen molar-refractivity contribution in [1.29, 1.82) is 0 Å². The minimum absolute atomic E-state index is 0.162. The number of anilines is 2. The van der Waals surface area contributed by atoms with Crippen molar-refractivity contribution in [3.8, 4) is 5.75 Å². The zero-order valence-corrected chi connectivity index (χ0v) is 13.3. The summed E-state index contributed by atoms with van der Waals surface area (Å²) in [7, 11) is 3.25. The van der Waals surface area contributed by atoms with E-state index in [2.05, 4.69) is 10.3 Å². The van der Waals surface area contributed by atoms with Crippen LogP contribution in [0.4, 0.5) is 11.5 Å². The van der Waals surface area contributed by atoms with Gasteiger partial charge in [-0.3, -0.25) is 0 Å². The lowest BCUT2D eigenvalue weighted by molar-refractivity contribution is 0.0687. The summed E-state index contributed by atoms with van der Waals surface area (Å²) in [5.74, 6) is 0.255. The fourth-order valence-corrected chi connectivity index (χ4v) is 2.77. The number of aryl methyl sites for hydroxylation is 1. The van der Waals surface area contributed by atoms with Crippen LogP contribution in [0, 0.1) is 0 Å². The van der Waals surface area contributed by atoms with Crippen LogP contribution in [0.3, 0.4) is 0 Å². The molecule has 23 heavy (non-hydrogen) atoms. The van der Waals surface area contributed by atoms with Crippen molar-refractivity contribution < 1.29 is 14.6 Å². The molecule has 0 aliphatic carbocycles. The molecule has 0 aliphatic heterocycles. The molecule has 6 nitrogen and oxygen atoms in total. The topological polar surface area (TPSA) is 76.4 Å². The van der Waals surface area contributed by atoms with Crippen molar-refractivity contribution in [2.24, 2.45) is 7.05 Å². The summed E-state index contributed by atoms with van der Waals surface area (Å²) >= 11 is 6.23. The number of carboxylic acids is 1. The number of pyridine rings is 1. The summed E-state index contributed by atoms with van der Waals surface area (Å²) in [5.41, 5.74) is 1.53. The summed E-state index contributed by atoms with van der Waals surface area (Å²) in [6.45, 7) is 0. The lowest BCUT2D eigenvalue weighted by Crippen LogP contribution is -2.03. The third-order valence-electron chi connectivity index (χ3n) is 3.59. The van der Waals surface area contributed by atoms with Crippen LogP contribution >= 0.6 is 11.6 Å². The van der Waals surface area contributed by atoms with Gasteiger partial charge in [-0.15, -0.1) is 0 Å². The van der Waals surface area contributed by atoms with Gasteiger partial charge in [0.1, 0.15) is 17.3 Å². The zero-order valence-electron chi connectivity index (χ0n) is 12.5. The first kappa shape index (κ1) is 15.2. The fraction of sp³-hybridized carbons (Fsp3) is 0.125. The van der Waals surface area contributed by atoms with Gasteiger partial charge in [-0.25, -0.2) is 9.78 Å². The molecule has 0 atom stereocenters. The predicted octanol–water partition coefficient (Wildman–Crippen LogP) is 3.68. The van der Waals surface area contributed by atoms with Gasteiger partial charge in [-0.1, -0.05) is 11.6 Å². The molecule has 1 aromatic carbocycles. The highest BCUT2D eigenvalue weighted by Gasteiger charge is 2.17. The number of hydrogen-bond acceptors (Lipinski definition) is 4. The van der Waals surface area contributed by atoms with Crippen LogP contribution in [-0.4, -0.2) is 27.7 Å². The molecule has 0 amide bonds. The van der Waals surface area contributed by atoms with Crippen LogP contribution in [0.5, 0.6) is 5.75 Å². The van der Waals surface area contributed by atoms with Crippen LogP contribution in [0.25, 0.3) is 10.9 Å². The number of benzene rings is 1. The molecule has 0 fully saturated rings. The van der Waals surface area contributed by atoms with Crippen LogP contribution in [0.2, 0.25) is 5.02 Å². The van der Waals surface area contributed by atoms with E-state index in [1.54, 1.807) is 55.3 Å². The minimum atomic E-state index is -1.01. The standard InChI is InChI=1S/C16H14ClN3O3/c1-20-13(16(21)22)8-10-12(4-3-11(17)15(10)20)19-14-7-9(23-2)5-6-18-14/h3-8H,1-2H3,(H,18,19)(H,21,22). The van der Waals surface area contributed by atoms with E-state index in [0.717, 1.165) is 0 Å². The first-order chi connectivity index (χ1) is 11.0. The van der Waals surface area contributed by atoms with Crippen molar-refractivity contribution >= 4 is 40.0 Å². The molecule has 0 radical (unpaired) electrons. The largest absolute Gasteiger partial charge is 0.497 e. The van der Waals surface area contributed by atoms with Crippen molar-refractivity contribution in [2.45, 2.75) is 0 Å². The third kappa shape index (κ3) is 2.68. The highest BCUT2D eigenvalue weighted by Crippen LogP contribution is 2.34. The number of nitrogens with one attached hydrogen (secondary N) is 1. The average Bonchev–Trinajstić information content (AvgIpc) is 2.89. The lowest BCUT2D eigenvalue weighted by atomic mass is 10.2. The zero-order chi connectivity index (χ0) is 16.6. The van der Waals surface area contributed by atoms with E-state index in [-0.39, 0.29) is 5.69 Å². The molecule has 2 heterocycles. The smallest absolute Gasteiger partial charge is 0.352 e. The third-order valence-corrected chi connectivity index (χ3v) is 3.90. The fourth-order valence-electron chi connectivity index (χ4n) is 2.48. The maximum absolute atomic E-state index is 11.3. The van der Waals surface area contributed by atoms with E-state index in [1.807, 2.05) is 0 Å². The molecule has 0 spiro atoms. The van der Waals surface area contributed by atoms with Gasteiger partial charge in [-0.05, 0) is 24.3 Å². The number of methoxy groups -OCH3 is 1. The Balaban J connectivity index is 2.12. The lowest BCUT2D eigenvalue weighted by Gasteiger charge is -2.09. The van der Waals surface area contributed by atoms with E-state index in [0.29, 0.717) is 33.2 Å². The van der Waals surface area contributed by atoms with Gasteiger partial charge in [-0.2, -0.15) is 0 Å². The number of fused-ring (bicyclic) bond motifs is 1. The van der Waals surface area contributed by atoms with E-state index < -0.39 is 5.97 Å². The SMILES string of the molecule is COc1ccnc(Nc2ccc(Cl)c3c2cc(C(=O)O)n3C)c1. The van der Waals surface area contributed by atoms with Crippen LogP contribution in [-0.2, 0) is 7.05 Å². The Labute approximate surface area is 137 Å². The Morgan fingerprint density at radius 2 is 2.13 bits per heavy atom. The Kier molecular flexibility index (Phi) is 3.83. The molecule has 2 aromatic heterocycles. The van der Waals surface area contributed by atoms with Gasteiger partial charge >= 0.3 is 5.97 Å². The van der Waals surface area contributed by atoms with Crippen LogP contribution < -0.4 is 10.1 Å². The summed E-state index contributed by atoms with van der Waals surface area (Å²) in [6.07, 6.45) is 1.63. The molecule has 7 heteroatoms. The number of aromatic carboxylic acids is 1. The maximum Gasteiger partial charge on any atom is 0.352 e. The van der Waals surface area contributed by atoms with E-state index in [1.165, 1.54) is 0 Å². The van der Waals surface area contributed by atoms with E-state index in [4.69, 9.17) is 16.3 Å².